The van der Waals surface area contributed by atoms with Crippen molar-refractivity contribution in [3.05, 3.63) is 47.7 Å². The van der Waals surface area contributed by atoms with Crippen molar-refractivity contribution >= 4 is 23.3 Å². The number of amides is 2. The number of carbonyl (C=O) groups is 2. The van der Waals surface area contributed by atoms with Crippen LogP contribution in [-0.4, -0.2) is 72.4 Å². The van der Waals surface area contributed by atoms with E-state index in [1.165, 1.54) is 12.1 Å². The van der Waals surface area contributed by atoms with E-state index in [1.54, 1.807) is 19.1 Å². The molecule has 1 aromatic heterocycles. The molecule has 0 bridgehead atoms. The summed E-state index contributed by atoms with van der Waals surface area (Å²) in [6.45, 7) is 3.50. The third-order valence-corrected chi connectivity index (χ3v) is 5.47. The molecule has 9 heteroatoms. The molecule has 1 aliphatic rings. The van der Waals surface area contributed by atoms with E-state index >= 15 is 0 Å². The van der Waals surface area contributed by atoms with Gasteiger partial charge < -0.3 is 15.1 Å². The summed E-state index contributed by atoms with van der Waals surface area (Å²) in [5.74, 6) is 0.895. The Bertz CT molecular complexity index is 967. The van der Waals surface area contributed by atoms with Crippen LogP contribution in [0.4, 0.5) is 15.9 Å². The molecule has 1 atom stereocenters. The quantitative estimate of drug-likeness (QED) is 0.710. The number of carbonyl (C=O) groups excluding carboxylic acids is 2. The van der Waals surface area contributed by atoms with Crippen LogP contribution in [0.25, 0.3) is 0 Å². The fourth-order valence-corrected chi connectivity index (χ4v) is 3.80. The van der Waals surface area contributed by atoms with E-state index in [0.717, 1.165) is 36.7 Å². The number of nitrogens with one attached hydrogen (secondary N) is 1. The van der Waals surface area contributed by atoms with Crippen molar-refractivity contribution in [1.29, 1.82) is 0 Å². The fraction of sp³-hybridized carbons (Fsp3) is 0.478. The first-order chi connectivity index (χ1) is 15.2. The van der Waals surface area contributed by atoms with Gasteiger partial charge in [-0.2, -0.15) is 0 Å². The molecule has 3 rings (SSSR count). The first-order valence-corrected chi connectivity index (χ1v) is 10.8. The van der Waals surface area contributed by atoms with Crippen LogP contribution < -0.4 is 10.2 Å². The summed E-state index contributed by atoms with van der Waals surface area (Å²) in [6, 6.07) is 7.99. The topological polar surface area (TPSA) is 81.7 Å². The third kappa shape index (κ3) is 6.23. The number of rotatable bonds is 7. The van der Waals surface area contributed by atoms with Gasteiger partial charge in [-0.25, -0.2) is 14.4 Å². The van der Waals surface area contributed by atoms with Gasteiger partial charge in [-0.1, -0.05) is 12.1 Å². The molecule has 2 aromatic rings. The fourth-order valence-electron chi connectivity index (χ4n) is 3.80. The lowest BCUT2D eigenvalue weighted by atomic mass is 9.97. The van der Waals surface area contributed by atoms with Gasteiger partial charge in [0.25, 0.3) is 0 Å². The zero-order valence-electron chi connectivity index (χ0n) is 19.1. The van der Waals surface area contributed by atoms with Gasteiger partial charge in [-0.15, -0.1) is 0 Å². The predicted octanol–water partition coefficient (Wildman–Crippen LogP) is 2.48. The second-order valence-corrected chi connectivity index (χ2v) is 8.47. The lowest BCUT2D eigenvalue weighted by Crippen LogP contribution is -2.38. The smallest absolute Gasteiger partial charge is 0.238 e. The van der Waals surface area contributed by atoms with Gasteiger partial charge in [0.15, 0.2) is 0 Å². The van der Waals surface area contributed by atoms with Crippen LogP contribution in [0, 0.1) is 5.82 Å². The molecule has 2 heterocycles. The molecule has 1 aliphatic heterocycles. The molecular weight excluding hydrogens is 411 g/mol. The number of nitrogens with zero attached hydrogens (tertiary/aromatic N) is 5. The number of aromatic nitrogens is 2. The number of piperidine rings is 1. The highest BCUT2D eigenvalue weighted by molar-refractivity contribution is 5.92. The number of hydrogen-bond acceptors (Lipinski definition) is 6. The molecule has 0 saturated carbocycles. The van der Waals surface area contributed by atoms with Crippen LogP contribution in [0.2, 0.25) is 0 Å². The summed E-state index contributed by atoms with van der Waals surface area (Å²) < 4.78 is 13.8. The lowest BCUT2D eigenvalue weighted by molar-refractivity contribution is -0.130. The van der Waals surface area contributed by atoms with Crippen LogP contribution in [0.5, 0.6) is 0 Å². The Morgan fingerprint density at radius 3 is 2.66 bits per heavy atom. The van der Waals surface area contributed by atoms with E-state index in [1.807, 2.05) is 41.9 Å². The Morgan fingerprint density at radius 1 is 1.22 bits per heavy atom. The molecule has 0 spiro atoms. The molecule has 0 radical (unpaired) electrons. The van der Waals surface area contributed by atoms with Gasteiger partial charge in [0.2, 0.25) is 11.8 Å². The van der Waals surface area contributed by atoms with Crippen LogP contribution >= 0.6 is 0 Å². The molecule has 32 heavy (non-hydrogen) atoms. The third-order valence-electron chi connectivity index (χ3n) is 5.47. The van der Waals surface area contributed by atoms with Crippen LogP contribution in [0.3, 0.4) is 0 Å². The van der Waals surface area contributed by atoms with Crippen molar-refractivity contribution < 1.29 is 14.0 Å². The van der Waals surface area contributed by atoms with E-state index in [2.05, 4.69) is 5.32 Å². The summed E-state index contributed by atoms with van der Waals surface area (Å²) in [5, 5.41) is 2.60. The summed E-state index contributed by atoms with van der Waals surface area (Å²) in [7, 11) is 5.66. The van der Waals surface area contributed by atoms with Crippen molar-refractivity contribution in [3.8, 4) is 0 Å². The summed E-state index contributed by atoms with van der Waals surface area (Å²) >= 11 is 0. The minimum atomic E-state index is -0.466. The Labute approximate surface area is 188 Å². The first kappa shape index (κ1) is 23.6. The largest absolute Gasteiger partial charge is 0.363 e. The Morgan fingerprint density at radius 2 is 1.97 bits per heavy atom. The number of benzene rings is 1. The van der Waals surface area contributed by atoms with Gasteiger partial charge in [-0.05, 0) is 32.0 Å². The zero-order chi connectivity index (χ0) is 23.3. The van der Waals surface area contributed by atoms with Crippen LogP contribution in [0.15, 0.2) is 30.3 Å². The van der Waals surface area contributed by atoms with Gasteiger partial charge in [0.1, 0.15) is 17.5 Å². The van der Waals surface area contributed by atoms with Crippen molar-refractivity contribution in [2.75, 3.05) is 51.0 Å². The SMILES string of the molecule is CC(=O)N1CCC[C@@H](c2nc(CN(C)CC(=O)Nc3ccccc3F)cc(N(C)C)n2)C1. The maximum atomic E-state index is 13.8. The summed E-state index contributed by atoms with van der Waals surface area (Å²) in [5.41, 5.74) is 0.956. The van der Waals surface area contributed by atoms with Gasteiger partial charge in [0, 0.05) is 52.6 Å². The van der Waals surface area contributed by atoms with Crippen molar-refractivity contribution in [3.63, 3.8) is 0 Å². The van der Waals surface area contributed by atoms with Crippen LogP contribution in [-0.2, 0) is 16.1 Å². The van der Waals surface area contributed by atoms with E-state index in [4.69, 9.17) is 9.97 Å². The van der Waals surface area contributed by atoms with E-state index < -0.39 is 5.82 Å². The first-order valence-electron chi connectivity index (χ1n) is 10.8. The van der Waals surface area contributed by atoms with Crippen molar-refractivity contribution in [2.24, 2.45) is 0 Å². The van der Waals surface area contributed by atoms with Gasteiger partial charge >= 0.3 is 0 Å². The molecular formula is C23H31FN6O2. The maximum absolute atomic E-state index is 13.8. The average molecular weight is 443 g/mol. The number of likely N-dealkylation sites (N-methyl/N-ethyl adjacent to an activating group) is 1. The summed E-state index contributed by atoms with van der Waals surface area (Å²) in [4.78, 5) is 39.3. The monoisotopic (exact) mass is 442 g/mol. The highest BCUT2D eigenvalue weighted by atomic mass is 19.1. The maximum Gasteiger partial charge on any atom is 0.238 e. The van der Waals surface area contributed by atoms with Crippen LogP contribution in [0.1, 0.15) is 37.2 Å². The molecule has 1 aromatic carbocycles. The summed E-state index contributed by atoms with van der Waals surface area (Å²) in [6.07, 6.45) is 1.85. The molecule has 8 nitrogen and oxygen atoms in total. The predicted molar refractivity (Wildman–Crippen MR) is 122 cm³/mol. The second kappa shape index (κ2) is 10.5. The number of likely N-dealkylation sites (tertiary alicyclic amines) is 1. The Kier molecular flexibility index (Phi) is 7.74. The zero-order valence-corrected chi connectivity index (χ0v) is 19.1. The molecule has 1 fully saturated rings. The molecule has 0 unspecified atom stereocenters. The minimum absolute atomic E-state index is 0.0688. The van der Waals surface area contributed by atoms with Crippen molar-refractivity contribution in [1.82, 2.24) is 19.8 Å². The lowest BCUT2D eigenvalue weighted by Gasteiger charge is -2.31. The van der Waals surface area contributed by atoms with Crippen molar-refractivity contribution in [2.45, 2.75) is 32.2 Å². The van der Waals surface area contributed by atoms with E-state index in [0.29, 0.717) is 13.1 Å². The second-order valence-electron chi connectivity index (χ2n) is 8.47. The highest BCUT2D eigenvalue weighted by Crippen LogP contribution is 2.26. The Hall–Kier alpha value is -3.07. The number of para-hydroxylation sites is 1. The van der Waals surface area contributed by atoms with E-state index in [9.17, 15) is 14.0 Å². The highest BCUT2D eigenvalue weighted by Gasteiger charge is 2.26. The minimum Gasteiger partial charge on any atom is -0.363 e. The molecule has 0 aliphatic carbocycles. The Balaban J connectivity index is 1.70. The van der Waals surface area contributed by atoms with E-state index in [-0.39, 0.29) is 30.0 Å². The molecule has 1 saturated heterocycles. The molecule has 2 amide bonds. The number of anilines is 2. The molecule has 1 N–H and O–H groups in total. The number of hydrogen-bond donors (Lipinski definition) is 1. The van der Waals surface area contributed by atoms with Gasteiger partial charge in [0.05, 0.1) is 17.9 Å². The standard InChI is InChI=1S/C23H31FN6O2/c1-16(31)30-11-7-8-17(13-30)23-25-18(12-21(27-23)28(2)3)14-29(4)15-22(32)26-20-10-6-5-9-19(20)24/h5-6,9-10,12,17H,7-8,11,13-15H2,1-4H3,(H,26,32)/t17-/m1/s1. The van der Waals surface area contributed by atoms with Gasteiger partial charge in [-0.3, -0.25) is 14.5 Å². The molecule has 172 valence electrons. The number of halogens is 1. The average Bonchev–Trinajstić information content (AvgIpc) is 2.75. The normalized spacial score (nSPS) is 16.2.